The highest BCUT2D eigenvalue weighted by atomic mass is 15.2. The minimum Gasteiger partial charge on any atom is -0.326 e. The van der Waals surface area contributed by atoms with Gasteiger partial charge in [-0.15, -0.1) is 0 Å². The van der Waals surface area contributed by atoms with E-state index in [1.165, 1.54) is 77.5 Å². The predicted octanol–water partition coefficient (Wildman–Crippen LogP) is 1.45. The molecular formula is C17H34N4. The molecule has 2 aliphatic heterocycles. The van der Waals surface area contributed by atoms with Crippen LogP contribution in [0.5, 0.6) is 0 Å². The molecule has 122 valence electrons. The van der Waals surface area contributed by atoms with Gasteiger partial charge in [-0.1, -0.05) is 12.8 Å². The largest absolute Gasteiger partial charge is 0.326 e. The Morgan fingerprint density at radius 2 is 1.71 bits per heavy atom. The van der Waals surface area contributed by atoms with Crippen molar-refractivity contribution in [1.82, 2.24) is 15.5 Å². The fourth-order valence-electron chi connectivity index (χ4n) is 4.54. The molecule has 21 heavy (non-hydrogen) atoms. The third-order valence-electron chi connectivity index (χ3n) is 6.21. The summed E-state index contributed by atoms with van der Waals surface area (Å²) < 4.78 is 0. The van der Waals surface area contributed by atoms with Crippen molar-refractivity contribution in [2.75, 3.05) is 26.2 Å². The van der Waals surface area contributed by atoms with Crippen molar-refractivity contribution in [3.63, 3.8) is 0 Å². The smallest absolute Gasteiger partial charge is 0.0221 e. The highest BCUT2D eigenvalue weighted by molar-refractivity contribution is 4.95. The zero-order chi connectivity index (χ0) is 14.7. The molecule has 4 nitrogen and oxygen atoms in total. The van der Waals surface area contributed by atoms with Crippen molar-refractivity contribution in [2.45, 2.75) is 82.0 Å². The van der Waals surface area contributed by atoms with Crippen LogP contribution in [0.3, 0.4) is 0 Å². The first-order chi connectivity index (χ1) is 10.2. The fraction of sp³-hybridized carbons (Fsp3) is 1.00. The molecule has 0 unspecified atom stereocenters. The van der Waals surface area contributed by atoms with Crippen molar-refractivity contribution in [3.8, 4) is 0 Å². The molecule has 0 bridgehead atoms. The van der Waals surface area contributed by atoms with Gasteiger partial charge in [0, 0.05) is 36.8 Å². The number of hydrogen-bond acceptors (Lipinski definition) is 4. The van der Waals surface area contributed by atoms with Crippen molar-refractivity contribution in [2.24, 2.45) is 5.73 Å². The summed E-state index contributed by atoms with van der Waals surface area (Å²) in [6.45, 7) is 7.36. The Labute approximate surface area is 130 Å². The molecule has 2 saturated heterocycles. The molecule has 2 atom stereocenters. The van der Waals surface area contributed by atoms with Gasteiger partial charge < -0.3 is 16.4 Å². The Bertz CT molecular complexity index is 319. The Morgan fingerprint density at radius 1 is 1.05 bits per heavy atom. The van der Waals surface area contributed by atoms with E-state index in [4.69, 9.17) is 5.73 Å². The lowest BCUT2D eigenvalue weighted by atomic mass is 9.85. The molecule has 3 aliphatic rings. The van der Waals surface area contributed by atoms with E-state index in [1.54, 1.807) is 0 Å². The maximum absolute atomic E-state index is 6.28. The summed E-state index contributed by atoms with van der Waals surface area (Å²) >= 11 is 0. The van der Waals surface area contributed by atoms with Crippen LogP contribution in [0.4, 0.5) is 0 Å². The zero-order valence-electron chi connectivity index (χ0n) is 13.7. The number of nitrogens with two attached hydrogens (primary N) is 1. The van der Waals surface area contributed by atoms with Crippen LogP contribution in [0, 0.1) is 0 Å². The first-order valence-corrected chi connectivity index (χ1v) is 9.15. The van der Waals surface area contributed by atoms with Crippen LogP contribution in [0.2, 0.25) is 0 Å². The van der Waals surface area contributed by atoms with E-state index >= 15 is 0 Å². The minimum atomic E-state index is 0.388. The maximum atomic E-state index is 6.28. The summed E-state index contributed by atoms with van der Waals surface area (Å²) in [7, 11) is 0. The molecule has 0 spiro atoms. The molecule has 0 amide bonds. The van der Waals surface area contributed by atoms with Gasteiger partial charge in [0.05, 0.1) is 0 Å². The summed E-state index contributed by atoms with van der Waals surface area (Å²) in [5.74, 6) is 0. The van der Waals surface area contributed by atoms with Gasteiger partial charge in [0.25, 0.3) is 0 Å². The third-order valence-corrected chi connectivity index (χ3v) is 6.21. The van der Waals surface area contributed by atoms with E-state index in [2.05, 4.69) is 22.5 Å². The molecule has 0 aromatic carbocycles. The number of nitrogens with zero attached hydrogens (tertiary/aromatic N) is 1. The van der Waals surface area contributed by atoms with Gasteiger partial charge in [-0.3, -0.25) is 4.90 Å². The summed E-state index contributed by atoms with van der Waals surface area (Å²) in [4.78, 5) is 2.76. The number of nitrogens with one attached hydrogen (secondary N) is 2. The predicted molar refractivity (Wildman–Crippen MR) is 88.5 cm³/mol. The Hall–Kier alpha value is -0.160. The highest BCUT2D eigenvalue weighted by Crippen LogP contribution is 2.29. The number of likely N-dealkylation sites (tertiary alicyclic amines) is 1. The first-order valence-electron chi connectivity index (χ1n) is 9.15. The number of hydrogen-bond donors (Lipinski definition) is 3. The number of rotatable bonds is 3. The second kappa shape index (κ2) is 6.95. The Morgan fingerprint density at radius 3 is 2.38 bits per heavy atom. The normalized spacial score (nSPS) is 35.7. The van der Waals surface area contributed by atoms with Gasteiger partial charge in [0.2, 0.25) is 0 Å². The van der Waals surface area contributed by atoms with E-state index < -0.39 is 0 Å². The third kappa shape index (κ3) is 3.79. The lowest BCUT2D eigenvalue weighted by molar-refractivity contribution is 0.0427. The average Bonchev–Trinajstić information content (AvgIpc) is 2.51. The van der Waals surface area contributed by atoms with Crippen LogP contribution >= 0.6 is 0 Å². The Kier molecular flexibility index (Phi) is 5.20. The monoisotopic (exact) mass is 294 g/mol. The van der Waals surface area contributed by atoms with Gasteiger partial charge in [-0.25, -0.2) is 0 Å². The summed E-state index contributed by atoms with van der Waals surface area (Å²) in [6.07, 6.45) is 10.4. The maximum Gasteiger partial charge on any atom is 0.0221 e. The molecule has 1 saturated carbocycles. The first kappa shape index (κ1) is 15.7. The lowest BCUT2D eigenvalue weighted by Gasteiger charge is -2.48. The van der Waals surface area contributed by atoms with E-state index in [0.29, 0.717) is 23.7 Å². The van der Waals surface area contributed by atoms with Crippen molar-refractivity contribution in [1.29, 1.82) is 0 Å². The van der Waals surface area contributed by atoms with E-state index in [9.17, 15) is 0 Å². The van der Waals surface area contributed by atoms with E-state index in [-0.39, 0.29) is 0 Å². The Balaban J connectivity index is 1.46. The van der Waals surface area contributed by atoms with Crippen molar-refractivity contribution in [3.05, 3.63) is 0 Å². The fourth-order valence-corrected chi connectivity index (χ4v) is 4.54. The average molecular weight is 294 g/mol. The zero-order valence-corrected chi connectivity index (χ0v) is 13.7. The molecule has 1 aliphatic carbocycles. The van der Waals surface area contributed by atoms with Crippen molar-refractivity contribution >= 4 is 0 Å². The molecule has 0 aromatic heterocycles. The summed E-state index contributed by atoms with van der Waals surface area (Å²) in [6, 6.07) is 1.66. The van der Waals surface area contributed by atoms with Gasteiger partial charge >= 0.3 is 0 Å². The molecule has 4 heteroatoms. The SMILES string of the molecule is CC1(N2CCC(N[C@@H]3CCCC[C@H]3N)CC2)CCNCC1. The van der Waals surface area contributed by atoms with Crippen LogP contribution in [0.25, 0.3) is 0 Å². The van der Waals surface area contributed by atoms with Crippen LogP contribution < -0.4 is 16.4 Å². The molecule has 2 heterocycles. The summed E-state index contributed by atoms with van der Waals surface area (Å²) in [5, 5.41) is 7.37. The lowest BCUT2D eigenvalue weighted by Crippen LogP contribution is -2.58. The molecule has 0 radical (unpaired) electrons. The molecule has 0 aromatic rings. The second-order valence-corrected chi connectivity index (χ2v) is 7.73. The number of piperidine rings is 2. The molecule has 3 fully saturated rings. The highest BCUT2D eigenvalue weighted by Gasteiger charge is 2.36. The minimum absolute atomic E-state index is 0.388. The van der Waals surface area contributed by atoms with Crippen LogP contribution in [-0.2, 0) is 0 Å². The van der Waals surface area contributed by atoms with Gasteiger partial charge in [-0.05, 0) is 58.5 Å². The van der Waals surface area contributed by atoms with E-state index in [1.807, 2.05) is 0 Å². The standard InChI is InChI=1S/C17H34N4/c1-17(8-10-19-11-9-17)21-12-6-14(7-13-21)20-16-5-3-2-4-15(16)18/h14-16,19-20H,2-13,18H2,1H3/t15-,16-/m1/s1. The van der Waals surface area contributed by atoms with Gasteiger partial charge in [0.1, 0.15) is 0 Å². The van der Waals surface area contributed by atoms with Gasteiger partial charge in [0.15, 0.2) is 0 Å². The second-order valence-electron chi connectivity index (χ2n) is 7.73. The quantitative estimate of drug-likeness (QED) is 0.737. The van der Waals surface area contributed by atoms with Crippen molar-refractivity contribution < 1.29 is 0 Å². The molecular weight excluding hydrogens is 260 g/mol. The topological polar surface area (TPSA) is 53.3 Å². The molecule has 4 N–H and O–H groups in total. The van der Waals surface area contributed by atoms with E-state index in [0.717, 1.165) is 0 Å². The van der Waals surface area contributed by atoms with Gasteiger partial charge in [-0.2, -0.15) is 0 Å². The van der Waals surface area contributed by atoms with Crippen LogP contribution in [0.1, 0.15) is 58.3 Å². The molecule has 3 rings (SSSR count). The summed E-state index contributed by atoms with van der Waals surface area (Å²) in [5.41, 5.74) is 6.72. The van der Waals surface area contributed by atoms with Crippen LogP contribution in [-0.4, -0.2) is 54.7 Å². The van der Waals surface area contributed by atoms with Crippen LogP contribution in [0.15, 0.2) is 0 Å².